The summed E-state index contributed by atoms with van der Waals surface area (Å²) >= 11 is 0. The minimum absolute atomic E-state index is 0.00544. The van der Waals surface area contributed by atoms with Gasteiger partial charge in [0.2, 0.25) is 0 Å². The Morgan fingerprint density at radius 1 is 1.14 bits per heavy atom. The third-order valence-corrected chi connectivity index (χ3v) is 3.25. The topological polar surface area (TPSA) is 72.2 Å². The molecule has 1 unspecified atom stereocenters. The van der Waals surface area contributed by atoms with Gasteiger partial charge in [0.15, 0.2) is 5.78 Å². The number of rotatable bonds is 6. The highest BCUT2D eigenvalue weighted by Gasteiger charge is 2.17. The highest BCUT2D eigenvalue weighted by Crippen LogP contribution is 2.19. The minimum atomic E-state index is -0.527. The Kier molecular flexibility index (Phi) is 5.16. The van der Waals surface area contributed by atoms with Crippen LogP contribution in [0.2, 0.25) is 0 Å². The molecule has 2 aromatic rings. The second-order valence-electron chi connectivity index (χ2n) is 4.72. The predicted molar refractivity (Wildman–Crippen MR) is 85.4 cm³/mol. The van der Waals surface area contributed by atoms with Crippen molar-refractivity contribution < 1.29 is 9.72 Å². The summed E-state index contributed by atoms with van der Waals surface area (Å²) in [4.78, 5) is 22.5. The summed E-state index contributed by atoms with van der Waals surface area (Å²) in [5.41, 5.74) is 1.64. The van der Waals surface area contributed by atoms with Crippen molar-refractivity contribution in [2.75, 3.05) is 7.05 Å². The van der Waals surface area contributed by atoms with Crippen LogP contribution in [-0.4, -0.2) is 17.8 Å². The number of carbonyl (C=O) groups excluding carboxylic acids is 1. The average Bonchev–Trinajstić information content (AvgIpc) is 2.55. The number of nitrogens with one attached hydrogen (secondary N) is 1. The zero-order chi connectivity index (χ0) is 15.9. The molecule has 1 N–H and O–H groups in total. The molecule has 22 heavy (non-hydrogen) atoms. The number of hydrogen-bond acceptors (Lipinski definition) is 4. The van der Waals surface area contributed by atoms with Gasteiger partial charge in [-0.25, -0.2) is 0 Å². The first-order valence-corrected chi connectivity index (χ1v) is 6.80. The van der Waals surface area contributed by atoms with Crippen LogP contribution < -0.4 is 5.32 Å². The third-order valence-electron chi connectivity index (χ3n) is 3.25. The maximum atomic E-state index is 12.3. The fourth-order valence-electron chi connectivity index (χ4n) is 2.10. The van der Waals surface area contributed by atoms with Gasteiger partial charge in [-0.3, -0.25) is 14.9 Å². The number of nitrogens with zero attached hydrogens (tertiary/aromatic N) is 1. The lowest BCUT2D eigenvalue weighted by Crippen LogP contribution is -2.23. The Hall–Kier alpha value is -2.79. The van der Waals surface area contributed by atoms with Crippen LogP contribution in [0.4, 0.5) is 5.69 Å². The lowest BCUT2D eigenvalue weighted by atomic mass is 10.0. The first-order chi connectivity index (χ1) is 10.6. The molecule has 0 spiro atoms. The predicted octanol–water partition coefficient (Wildman–Crippen LogP) is 3.14. The first kappa shape index (κ1) is 15.6. The van der Waals surface area contributed by atoms with Crippen molar-refractivity contribution in [1.82, 2.24) is 5.32 Å². The van der Waals surface area contributed by atoms with Gasteiger partial charge in [-0.1, -0.05) is 48.5 Å². The van der Waals surface area contributed by atoms with Gasteiger partial charge in [-0.2, -0.15) is 0 Å². The van der Waals surface area contributed by atoms with Crippen LogP contribution in [-0.2, 0) is 4.79 Å². The van der Waals surface area contributed by atoms with Crippen LogP contribution in [0.1, 0.15) is 17.2 Å². The average molecular weight is 296 g/mol. The van der Waals surface area contributed by atoms with E-state index in [1.807, 2.05) is 30.3 Å². The van der Waals surface area contributed by atoms with Crippen molar-refractivity contribution in [2.45, 2.75) is 6.04 Å². The molecule has 0 aliphatic carbocycles. The molecule has 0 heterocycles. The second kappa shape index (κ2) is 7.28. The van der Waals surface area contributed by atoms with E-state index in [-0.39, 0.29) is 11.5 Å². The number of nitro groups is 1. The lowest BCUT2D eigenvalue weighted by molar-refractivity contribution is -0.384. The van der Waals surface area contributed by atoms with Gasteiger partial charge in [0.1, 0.15) is 0 Å². The van der Waals surface area contributed by atoms with E-state index in [2.05, 4.69) is 5.32 Å². The Morgan fingerprint density at radius 3 is 2.32 bits per heavy atom. The Morgan fingerprint density at radius 2 is 1.77 bits per heavy atom. The van der Waals surface area contributed by atoms with Gasteiger partial charge < -0.3 is 5.32 Å². The highest BCUT2D eigenvalue weighted by molar-refractivity contribution is 5.98. The first-order valence-electron chi connectivity index (χ1n) is 6.80. The Labute approximate surface area is 128 Å². The molecule has 0 aromatic heterocycles. The van der Waals surface area contributed by atoms with E-state index in [9.17, 15) is 14.9 Å². The maximum absolute atomic E-state index is 12.3. The SMILES string of the molecule is CNC(C(=O)C=Cc1ccccc1)c1ccc([N+](=O)[O-])cc1. The van der Waals surface area contributed by atoms with Crippen molar-refractivity contribution in [3.8, 4) is 0 Å². The number of nitro benzene ring substituents is 1. The smallest absolute Gasteiger partial charge is 0.269 e. The van der Waals surface area contributed by atoms with Crippen LogP contribution >= 0.6 is 0 Å². The molecule has 0 saturated heterocycles. The number of carbonyl (C=O) groups is 1. The van der Waals surface area contributed by atoms with Crippen LogP contribution in [0.25, 0.3) is 6.08 Å². The van der Waals surface area contributed by atoms with Gasteiger partial charge in [-0.05, 0) is 24.3 Å². The fraction of sp³-hybridized carbons (Fsp3) is 0.118. The second-order valence-corrected chi connectivity index (χ2v) is 4.72. The molecule has 5 nitrogen and oxygen atoms in total. The summed E-state index contributed by atoms with van der Waals surface area (Å²) in [5, 5.41) is 13.6. The minimum Gasteiger partial charge on any atom is -0.307 e. The molecular weight excluding hydrogens is 280 g/mol. The summed E-state index contributed by atoms with van der Waals surface area (Å²) in [6.07, 6.45) is 3.26. The molecule has 0 radical (unpaired) electrons. The Balaban J connectivity index is 2.15. The summed E-state index contributed by atoms with van der Waals surface area (Å²) in [6, 6.07) is 15.0. The summed E-state index contributed by atoms with van der Waals surface area (Å²) in [6.45, 7) is 0. The fourth-order valence-corrected chi connectivity index (χ4v) is 2.10. The monoisotopic (exact) mass is 296 g/mol. The van der Waals surface area contributed by atoms with Crippen LogP contribution in [0.5, 0.6) is 0 Å². The number of non-ortho nitro benzene ring substituents is 1. The number of benzene rings is 2. The van der Waals surface area contributed by atoms with Crippen molar-refractivity contribution in [3.05, 3.63) is 81.9 Å². The van der Waals surface area contributed by atoms with Gasteiger partial charge in [0.25, 0.3) is 5.69 Å². The maximum Gasteiger partial charge on any atom is 0.269 e. The normalized spacial score (nSPS) is 12.2. The van der Waals surface area contributed by atoms with E-state index >= 15 is 0 Å². The molecule has 0 amide bonds. The van der Waals surface area contributed by atoms with E-state index in [0.29, 0.717) is 5.56 Å². The van der Waals surface area contributed by atoms with Gasteiger partial charge in [0.05, 0.1) is 11.0 Å². The lowest BCUT2D eigenvalue weighted by Gasteiger charge is -2.13. The number of ketones is 1. The standard InChI is InChI=1S/C17H16N2O3/c1-18-17(14-8-10-15(11-9-14)19(21)22)16(20)12-7-13-5-3-2-4-6-13/h2-12,17-18H,1H3. The molecule has 2 rings (SSSR count). The number of hydrogen-bond donors (Lipinski definition) is 1. The molecule has 0 bridgehead atoms. The van der Waals surface area contributed by atoms with Gasteiger partial charge in [0, 0.05) is 12.1 Å². The number of likely N-dealkylation sites (N-methyl/N-ethyl adjacent to an activating group) is 1. The van der Waals surface area contributed by atoms with Crippen LogP contribution in [0.3, 0.4) is 0 Å². The summed E-state index contributed by atoms with van der Waals surface area (Å²) in [7, 11) is 1.68. The van der Waals surface area contributed by atoms with Crippen molar-refractivity contribution in [1.29, 1.82) is 0 Å². The molecule has 112 valence electrons. The van der Waals surface area contributed by atoms with Gasteiger partial charge >= 0.3 is 0 Å². The van der Waals surface area contributed by atoms with Gasteiger partial charge in [-0.15, -0.1) is 0 Å². The van der Waals surface area contributed by atoms with E-state index in [0.717, 1.165) is 5.56 Å². The molecule has 1 atom stereocenters. The summed E-state index contributed by atoms with van der Waals surface area (Å²) in [5.74, 6) is -0.111. The van der Waals surface area contributed by atoms with Crippen molar-refractivity contribution in [3.63, 3.8) is 0 Å². The zero-order valence-electron chi connectivity index (χ0n) is 12.1. The quantitative estimate of drug-likeness (QED) is 0.505. The third kappa shape index (κ3) is 3.86. The molecular formula is C17H16N2O3. The molecule has 0 aliphatic heterocycles. The molecule has 2 aromatic carbocycles. The van der Waals surface area contributed by atoms with E-state index in [1.165, 1.54) is 18.2 Å². The summed E-state index contributed by atoms with van der Waals surface area (Å²) < 4.78 is 0. The highest BCUT2D eigenvalue weighted by atomic mass is 16.6. The van der Waals surface area contributed by atoms with E-state index in [4.69, 9.17) is 0 Å². The molecule has 0 aliphatic rings. The van der Waals surface area contributed by atoms with E-state index < -0.39 is 11.0 Å². The van der Waals surface area contributed by atoms with E-state index in [1.54, 1.807) is 25.3 Å². The molecule has 0 saturated carbocycles. The zero-order valence-corrected chi connectivity index (χ0v) is 12.1. The van der Waals surface area contributed by atoms with Crippen LogP contribution in [0.15, 0.2) is 60.7 Å². The van der Waals surface area contributed by atoms with Crippen LogP contribution in [0, 0.1) is 10.1 Å². The molecule has 0 fully saturated rings. The molecule has 5 heteroatoms. The largest absolute Gasteiger partial charge is 0.307 e. The van der Waals surface area contributed by atoms with Crippen molar-refractivity contribution in [2.24, 2.45) is 0 Å². The van der Waals surface area contributed by atoms with Crippen molar-refractivity contribution >= 4 is 17.5 Å². The Bertz CT molecular complexity index is 679.